The summed E-state index contributed by atoms with van der Waals surface area (Å²) < 4.78 is 29.4. The molecule has 1 amide bonds. The molecule has 1 heterocycles. The number of amides is 1. The number of rotatable bonds is 12. The van der Waals surface area contributed by atoms with Crippen LogP contribution in [0.1, 0.15) is 45.0 Å². The van der Waals surface area contributed by atoms with Crippen molar-refractivity contribution in [2.75, 3.05) is 19.6 Å². The third-order valence-corrected chi connectivity index (χ3v) is 7.79. The molecule has 8 heteroatoms. The van der Waals surface area contributed by atoms with E-state index in [9.17, 15) is 13.2 Å². The van der Waals surface area contributed by atoms with Crippen molar-refractivity contribution in [3.8, 4) is 0 Å². The number of hydrogen-bond acceptors (Lipinski definition) is 4. The van der Waals surface area contributed by atoms with Gasteiger partial charge in [-0.1, -0.05) is 51.1 Å². The van der Waals surface area contributed by atoms with Crippen molar-refractivity contribution in [3.63, 3.8) is 0 Å². The van der Waals surface area contributed by atoms with Gasteiger partial charge in [-0.25, -0.2) is 13.4 Å². The average molecular weight is 471 g/mol. The Morgan fingerprint density at radius 3 is 2.42 bits per heavy atom. The second kappa shape index (κ2) is 11.4. The third-order valence-electron chi connectivity index (χ3n) is 5.74. The second-order valence-electron chi connectivity index (χ2n) is 8.01. The molecule has 0 unspecified atom stereocenters. The Bertz CT molecular complexity index is 1170. The van der Waals surface area contributed by atoms with Gasteiger partial charge in [-0.2, -0.15) is 4.31 Å². The number of aryl methyl sites for hydroxylation is 2. The molecular formula is C25H34N4O3S. The lowest BCUT2D eigenvalue weighted by Gasteiger charge is -2.18. The van der Waals surface area contributed by atoms with Gasteiger partial charge in [0.05, 0.1) is 15.9 Å². The van der Waals surface area contributed by atoms with Crippen LogP contribution >= 0.6 is 0 Å². The topological polar surface area (TPSA) is 84.3 Å². The largest absolute Gasteiger partial charge is 0.356 e. The number of aromatic nitrogens is 2. The molecule has 0 aliphatic carbocycles. The predicted octanol–water partition coefficient (Wildman–Crippen LogP) is 3.77. The van der Waals surface area contributed by atoms with Crippen LogP contribution in [-0.4, -0.2) is 47.8 Å². The molecule has 0 atom stereocenters. The number of imidazole rings is 1. The lowest BCUT2D eigenvalue weighted by Crippen LogP contribution is -2.30. The first-order valence-electron chi connectivity index (χ1n) is 11.7. The summed E-state index contributed by atoms with van der Waals surface area (Å²) in [6.45, 7) is 7.96. The smallest absolute Gasteiger partial charge is 0.243 e. The van der Waals surface area contributed by atoms with Gasteiger partial charge in [0.1, 0.15) is 5.82 Å². The molecule has 3 aromatic rings. The zero-order valence-electron chi connectivity index (χ0n) is 19.8. The molecule has 1 N–H and O–H groups in total. The van der Waals surface area contributed by atoms with Gasteiger partial charge in [0.15, 0.2) is 0 Å². The molecule has 0 spiro atoms. The van der Waals surface area contributed by atoms with E-state index in [1.54, 1.807) is 12.1 Å². The first-order valence-corrected chi connectivity index (χ1v) is 13.1. The Morgan fingerprint density at radius 1 is 1.03 bits per heavy atom. The maximum absolute atomic E-state index is 12.9. The van der Waals surface area contributed by atoms with Crippen LogP contribution in [0.5, 0.6) is 0 Å². The number of carbonyl (C=O) groups is 1. The Morgan fingerprint density at radius 2 is 1.76 bits per heavy atom. The van der Waals surface area contributed by atoms with Crippen molar-refractivity contribution in [3.05, 3.63) is 59.9 Å². The summed E-state index contributed by atoms with van der Waals surface area (Å²) in [5.41, 5.74) is 2.74. The monoisotopic (exact) mass is 470 g/mol. The molecule has 3 rings (SSSR count). The summed E-state index contributed by atoms with van der Waals surface area (Å²) in [4.78, 5) is 17.4. The van der Waals surface area contributed by atoms with Crippen LogP contribution in [0.4, 0.5) is 0 Å². The van der Waals surface area contributed by atoms with E-state index in [0.717, 1.165) is 30.7 Å². The van der Waals surface area contributed by atoms with Crippen LogP contribution < -0.4 is 5.32 Å². The lowest BCUT2D eigenvalue weighted by atomic mass is 10.1. The van der Waals surface area contributed by atoms with E-state index < -0.39 is 10.0 Å². The number of benzene rings is 2. The fourth-order valence-electron chi connectivity index (χ4n) is 4.00. The number of fused-ring (bicyclic) bond motifs is 1. The summed E-state index contributed by atoms with van der Waals surface area (Å²) in [5.74, 6) is 0.799. The number of nitrogens with one attached hydrogen (secondary N) is 1. The van der Waals surface area contributed by atoms with E-state index >= 15 is 0 Å². The SMILES string of the molecule is CCCn1c(CCC(=O)NCCc2ccccc2)nc2cc(S(=O)(=O)N(CC)CC)ccc21. The highest BCUT2D eigenvalue weighted by molar-refractivity contribution is 7.89. The van der Waals surface area contributed by atoms with Crippen LogP contribution in [0.3, 0.4) is 0 Å². The van der Waals surface area contributed by atoms with Crippen LogP contribution in [0, 0.1) is 0 Å². The number of hydrogen-bond donors (Lipinski definition) is 1. The van der Waals surface area contributed by atoms with Crippen molar-refractivity contribution >= 4 is 27.0 Å². The zero-order valence-corrected chi connectivity index (χ0v) is 20.6. The summed E-state index contributed by atoms with van der Waals surface area (Å²) in [6.07, 6.45) is 2.56. The standard InChI is InChI=1S/C25H34N4O3S/c1-4-18-29-23-13-12-21(33(31,32)28(5-2)6-3)19-22(23)27-24(29)14-15-25(30)26-17-16-20-10-8-7-9-11-20/h7-13,19H,4-6,14-18H2,1-3H3,(H,26,30). The quantitative estimate of drug-likeness (QED) is 0.437. The van der Waals surface area contributed by atoms with E-state index in [1.165, 1.54) is 9.87 Å². The summed E-state index contributed by atoms with van der Waals surface area (Å²) in [7, 11) is -3.55. The first-order chi connectivity index (χ1) is 15.9. The Labute approximate surface area is 196 Å². The van der Waals surface area contributed by atoms with Crippen LogP contribution in [0.15, 0.2) is 53.4 Å². The van der Waals surface area contributed by atoms with Crippen molar-refractivity contribution in [2.24, 2.45) is 0 Å². The lowest BCUT2D eigenvalue weighted by molar-refractivity contribution is -0.121. The molecule has 178 valence electrons. The molecule has 0 fully saturated rings. The molecule has 1 aromatic heterocycles. The van der Waals surface area contributed by atoms with Gasteiger partial charge in [0, 0.05) is 39.0 Å². The van der Waals surface area contributed by atoms with Gasteiger partial charge in [0.25, 0.3) is 0 Å². The number of carbonyl (C=O) groups excluding carboxylic acids is 1. The summed E-state index contributed by atoms with van der Waals surface area (Å²) >= 11 is 0. The third kappa shape index (κ3) is 6.00. The highest BCUT2D eigenvalue weighted by Gasteiger charge is 2.23. The molecule has 7 nitrogen and oxygen atoms in total. The Balaban J connectivity index is 1.72. The van der Waals surface area contributed by atoms with Gasteiger partial charge in [-0.3, -0.25) is 4.79 Å². The summed E-state index contributed by atoms with van der Waals surface area (Å²) in [6, 6.07) is 15.2. The van der Waals surface area contributed by atoms with E-state index in [4.69, 9.17) is 4.98 Å². The minimum atomic E-state index is -3.55. The van der Waals surface area contributed by atoms with Crippen LogP contribution in [0.25, 0.3) is 11.0 Å². The van der Waals surface area contributed by atoms with E-state index in [2.05, 4.69) is 16.8 Å². The van der Waals surface area contributed by atoms with Gasteiger partial charge in [-0.15, -0.1) is 0 Å². The van der Waals surface area contributed by atoms with Gasteiger partial charge in [-0.05, 0) is 36.6 Å². The van der Waals surface area contributed by atoms with Crippen molar-refractivity contribution < 1.29 is 13.2 Å². The zero-order chi connectivity index (χ0) is 23.8. The molecule has 0 bridgehead atoms. The second-order valence-corrected chi connectivity index (χ2v) is 9.94. The highest BCUT2D eigenvalue weighted by Crippen LogP contribution is 2.24. The molecule has 0 aliphatic heterocycles. The first kappa shape index (κ1) is 24.9. The normalized spacial score (nSPS) is 11.9. The fraction of sp³-hybridized carbons (Fsp3) is 0.440. The van der Waals surface area contributed by atoms with Gasteiger partial charge < -0.3 is 9.88 Å². The maximum Gasteiger partial charge on any atom is 0.243 e. The highest BCUT2D eigenvalue weighted by atomic mass is 32.2. The van der Waals surface area contributed by atoms with E-state index in [1.807, 2.05) is 50.2 Å². The average Bonchev–Trinajstić information content (AvgIpc) is 3.16. The van der Waals surface area contributed by atoms with Gasteiger partial charge >= 0.3 is 0 Å². The fourth-order valence-corrected chi connectivity index (χ4v) is 5.48. The van der Waals surface area contributed by atoms with Crippen LogP contribution in [0.2, 0.25) is 0 Å². The molecule has 2 aromatic carbocycles. The maximum atomic E-state index is 12.9. The van der Waals surface area contributed by atoms with E-state index in [-0.39, 0.29) is 10.8 Å². The van der Waals surface area contributed by atoms with Crippen molar-refractivity contribution in [1.29, 1.82) is 0 Å². The minimum Gasteiger partial charge on any atom is -0.356 e. The summed E-state index contributed by atoms with van der Waals surface area (Å²) in [5, 5.41) is 2.98. The molecular weight excluding hydrogens is 436 g/mol. The van der Waals surface area contributed by atoms with E-state index in [0.29, 0.717) is 38.0 Å². The minimum absolute atomic E-state index is 0.00849. The molecule has 0 aliphatic rings. The number of nitrogens with zero attached hydrogens (tertiary/aromatic N) is 3. The molecule has 0 saturated carbocycles. The molecule has 0 saturated heterocycles. The van der Waals surface area contributed by atoms with Crippen LogP contribution in [-0.2, 0) is 34.2 Å². The Hall–Kier alpha value is -2.71. The number of sulfonamides is 1. The molecule has 0 radical (unpaired) electrons. The molecule has 33 heavy (non-hydrogen) atoms. The predicted molar refractivity (Wildman–Crippen MR) is 132 cm³/mol. The van der Waals surface area contributed by atoms with Crippen molar-refractivity contribution in [1.82, 2.24) is 19.2 Å². The Kier molecular flexibility index (Phi) is 8.63. The van der Waals surface area contributed by atoms with Crippen molar-refractivity contribution in [2.45, 2.75) is 57.9 Å². The van der Waals surface area contributed by atoms with Gasteiger partial charge in [0.2, 0.25) is 15.9 Å².